The summed E-state index contributed by atoms with van der Waals surface area (Å²) in [6.07, 6.45) is 4.22. The van der Waals surface area contributed by atoms with E-state index < -0.39 is 0 Å². The van der Waals surface area contributed by atoms with Gasteiger partial charge >= 0.3 is 0 Å². The van der Waals surface area contributed by atoms with Crippen molar-refractivity contribution in [3.63, 3.8) is 0 Å². The number of pyridine rings is 1. The lowest BCUT2D eigenvalue weighted by Crippen LogP contribution is -2.18. The molecule has 0 saturated heterocycles. The zero-order valence-electron chi connectivity index (χ0n) is 9.84. The quantitative estimate of drug-likeness (QED) is 0.875. The predicted octanol–water partition coefficient (Wildman–Crippen LogP) is 2.76. The summed E-state index contributed by atoms with van der Waals surface area (Å²) in [6, 6.07) is 11.8. The molecule has 1 heterocycles. The summed E-state index contributed by atoms with van der Waals surface area (Å²) in [6.45, 7) is 1.99. The highest BCUT2D eigenvalue weighted by molar-refractivity contribution is 5.37. The first-order valence-electron chi connectivity index (χ1n) is 5.67. The molecule has 0 bridgehead atoms. The fraction of sp³-hybridized carbons (Fsp3) is 0.214. The highest BCUT2D eigenvalue weighted by Gasteiger charge is 2.06. The molecule has 2 rings (SSSR count). The third-order valence-electron chi connectivity index (χ3n) is 2.38. The monoisotopic (exact) mass is 228 g/mol. The van der Waals surface area contributed by atoms with E-state index in [1.54, 1.807) is 12.4 Å². The summed E-state index contributed by atoms with van der Waals surface area (Å²) in [4.78, 5) is 4.02. The molecule has 0 aliphatic carbocycles. The lowest BCUT2D eigenvalue weighted by Gasteiger charge is -2.12. The molecule has 2 N–H and O–H groups in total. The van der Waals surface area contributed by atoms with Gasteiger partial charge in [0.05, 0.1) is 6.20 Å². The zero-order valence-corrected chi connectivity index (χ0v) is 9.84. The van der Waals surface area contributed by atoms with Gasteiger partial charge in [0.25, 0.3) is 0 Å². The van der Waals surface area contributed by atoms with Crippen LogP contribution < -0.4 is 10.5 Å². The Balaban J connectivity index is 2.20. The molecule has 0 fully saturated rings. The molecule has 2 aromatic rings. The molecular weight excluding hydrogens is 212 g/mol. The van der Waals surface area contributed by atoms with Crippen LogP contribution in [0.25, 0.3) is 0 Å². The van der Waals surface area contributed by atoms with Crippen LogP contribution in [0.15, 0.2) is 48.8 Å². The minimum atomic E-state index is 0.119. The van der Waals surface area contributed by atoms with Crippen molar-refractivity contribution >= 4 is 0 Å². The maximum absolute atomic E-state index is 5.82. The van der Waals surface area contributed by atoms with Gasteiger partial charge in [-0.15, -0.1) is 0 Å². The summed E-state index contributed by atoms with van der Waals surface area (Å²) >= 11 is 0. The van der Waals surface area contributed by atoms with E-state index in [2.05, 4.69) is 4.98 Å². The molecule has 1 aromatic heterocycles. The second-order valence-corrected chi connectivity index (χ2v) is 4.08. The van der Waals surface area contributed by atoms with Crippen LogP contribution in [0.3, 0.4) is 0 Å². The van der Waals surface area contributed by atoms with Crippen LogP contribution in [-0.2, 0) is 6.42 Å². The average molecular weight is 228 g/mol. The van der Waals surface area contributed by atoms with E-state index in [9.17, 15) is 0 Å². The number of hydrogen-bond acceptors (Lipinski definition) is 3. The Labute approximate surface area is 101 Å². The Hall–Kier alpha value is -1.87. The first-order valence-corrected chi connectivity index (χ1v) is 5.67. The predicted molar refractivity (Wildman–Crippen MR) is 68.1 cm³/mol. The summed E-state index contributed by atoms with van der Waals surface area (Å²) in [5.41, 5.74) is 6.94. The molecule has 0 saturated carbocycles. The number of rotatable bonds is 4. The highest BCUT2D eigenvalue weighted by atomic mass is 16.5. The van der Waals surface area contributed by atoms with E-state index in [0.717, 1.165) is 23.5 Å². The molecule has 3 heteroatoms. The maximum atomic E-state index is 5.82. The van der Waals surface area contributed by atoms with E-state index in [-0.39, 0.29) is 6.04 Å². The van der Waals surface area contributed by atoms with E-state index in [0.29, 0.717) is 0 Å². The molecule has 3 nitrogen and oxygen atoms in total. The molecule has 1 atom stereocenters. The van der Waals surface area contributed by atoms with Crippen LogP contribution >= 0.6 is 0 Å². The van der Waals surface area contributed by atoms with Gasteiger partial charge in [-0.3, -0.25) is 4.98 Å². The zero-order chi connectivity index (χ0) is 12.1. The molecule has 1 aromatic carbocycles. The van der Waals surface area contributed by atoms with Gasteiger partial charge in [-0.1, -0.05) is 18.2 Å². The molecule has 0 radical (unpaired) electrons. The van der Waals surface area contributed by atoms with Crippen molar-refractivity contribution in [3.8, 4) is 11.5 Å². The summed E-state index contributed by atoms with van der Waals surface area (Å²) in [5.74, 6) is 1.59. The van der Waals surface area contributed by atoms with Crippen LogP contribution in [0, 0.1) is 0 Å². The van der Waals surface area contributed by atoms with Gasteiger partial charge < -0.3 is 10.5 Å². The van der Waals surface area contributed by atoms with Crippen molar-refractivity contribution in [1.29, 1.82) is 0 Å². The second kappa shape index (κ2) is 5.46. The number of aromatic nitrogens is 1. The fourth-order valence-electron chi connectivity index (χ4n) is 1.65. The number of hydrogen-bond donors (Lipinski definition) is 1. The lowest BCUT2D eigenvalue weighted by atomic mass is 10.1. The van der Waals surface area contributed by atoms with Crippen molar-refractivity contribution in [3.05, 3.63) is 54.4 Å². The van der Waals surface area contributed by atoms with Gasteiger partial charge in [0.2, 0.25) is 0 Å². The standard InChI is InChI=1S/C14H16N2O/c1-11(15)9-12-5-2-3-7-14(12)17-13-6-4-8-16-10-13/h2-8,10-11H,9,15H2,1H3. The summed E-state index contributed by atoms with van der Waals surface area (Å²) < 4.78 is 5.79. The van der Waals surface area contributed by atoms with Crippen LogP contribution in [0.4, 0.5) is 0 Å². The Morgan fingerprint density at radius 1 is 1.24 bits per heavy atom. The van der Waals surface area contributed by atoms with Gasteiger partial charge in [-0.05, 0) is 37.1 Å². The van der Waals surface area contributed by atoms with Crippen LogP contribution in [0.5, 0.6) is 11.5 Å². The van der Waals surface area contributed by atoms with Gasteiger partial charge in [0, 0.05) is 12.2 Å². The minimum absolute atomic E-state index is 0.119. The van der Waals surface area contributed by atoms with Gasteiger partial charge in [0.15, 0.2) is 0 Å². The smallest absolute Gasteiger partial charge is 0.145 e. The number of nitrogens with zero attached hydrogens (tertiary/aromatic N) is 1. The Morgan fingerprint density at radius 3 is 2.76 bits per heavy atom. The third kappa shape index (κ3) is 3.29. The van der Waals surface area contributed by atoms with Crippen LogP contribution in [0.2, 0.25) is 0 Å². The van der Waals surface area contributed by atoms with E-state index in [4.69, 9.17) is 10.5 Å². The second-order valence-electron chi connectivity index (χ2n) is 4.08. The number of benzene rings is 1. The normalized spacial score (nSPS) is 12.1. The third-order valence-corrected chi connectivity index (χ3v) is 2.38. The van der Waals surface area contributed by atoms with Crippen LogP contribution in [0.1, 0.15) is 12.5 Å². The van der Waals surface area contributed by atoms with Crippen molar-refractivity contribution in [2.24, 2.45) is 5.73 Å². The van der Waals surface area contributed by atoms with E-state index in [1.165, 1.54) is 0 Å². The number of nitrogens with two attached hydrogens (primary N) is 1. The minimum Gasteiger partial charge on any atom is -0.455 e. The van der Waals surface area contributed by atoms with Gasteiger partial charge in [-0.25, -0.2) is 0 Å². The first kappa shape index (κ1) is 11.6. The maximum Gasteiger partial charge on any atom is 0.145 e. The topological polar surface area (TPSA) is 48.1 Å². The van der Waals surface area contributed by atoms with Crippen molar-refractivity contribution in [2.45, 2.75) is 19.4 Å². The van der Waals surface area contributed by atoms with E-state index >= 15 is 0 Å². The molecule has 0 aliphatic rings. The summed E-state index contributed by atoms with van der Waals surface area (Å²) in [5, 5.41) is 0. The van der Waals surface area contributed by atoms with Gasteiger partial charge in [-0.2, -0.15) is 0 Å². The Bertz CT molecular complexity index is 469. The Morgan fingerprint density at radius 2 is 2.06 bits per heavy atom. The number of ether oxygens (including phenoxy) is 1. The number of para-hydroxylation sites is 1. The molecule has 0 amide bonds. The highest BCUT2D eigenvalue weighted by Crippen LogP contribution is 2.25. The van der Waals surface area contributed by atoms with Crippen LogP contribution in [-0.4, -0.2) is 11.0 Å². The van der Waals surface area contributed by atoms with E-state index in [1.807, 2.05) is 43.3 Å². The SMILES string of the molecule is CC(N)Cc1ccccc1Oc1cccnc1. The fourth-order valence-corrected chi connectivity index (χ4v) is 1.65. The largest absolute Gasteiger partial charge is 0.455 e. The van der Waals surface area contributed by atoms with Crippen molar-refractivity contribution in [1.82, 2.24) is 4.98 Å². The average Bonchev–Trinajstić information content (AvgIpc) is 2.32. The molecule has 0 spiro atoms. The molecule has 17 heavy (non-hydrogen) atoms. The molecule has 0 aliphatic heterocycles. The summed E-state index contributed by atoms with van der Waals surface area (Å²) in [7, 11) is 0. The molecule has 88 valence electrons. The first-order chi connectivity index (χ1) is 8.25. The van der Waals surface area contributed by atoms with Crippen molar-refractivity contribution in [2.75, 3.05) is 0 Å². The molecule has 1 unspecified atom stereocenters. The van der Waals surface area contributed by atoms with Crippen molar-refractivity contribution < 1.29 is 4.74 Å². The van der Waals surface area contributed by atoms with Gasteiger partial charge in [0.1, 0.15) is 11.5 Å². The Kier molecular flexibility index (Phi) is 3.73. The molecular formula is C14H16N2O. The lowest BCUT2D eigenvalue weighted by molar-refractivity contribution is 0.471.